The van der Waals surface area contributed by atoms with Gasteiger partial charge in [0.15, 0.2) is 24.5 Å². The van der Waals surface area contributed by atoms with Gasteiger partial charge in [-0.1, -0.05) is 42.5 Å². The van der Waals surface area contributed by atoms with Crippen molar-refractivity contribution in [2.75, 3.05) is 12.3 Å². The summed E-state index contributed by atoms with van der Waals surface area (Å²) in [5.74, 6) is -2.33. The van der Waals surface area contributed by atoms with E-state index in [9.17, 15) is 24.9 Å². The lowest BCUT2D eigenvalue weighted by atomic mass is 9.96. The molecule has 2 heterocycles. The molecule has 12 heteroatoms. The van der Waals surface area contributed by atoms with Gasteiger partial charge in [0, 0.05) is 26.3 Å². The van der Waals surface area contributed by atoms with E-state index in [-0.39, 0.29) is 33.8 Å². The Morgan fingerprint density at radius 2 is 1.53 bits per heavy atom. The van der Waals surface area contributed by atoms with E-state index in [1.807, 2.05) is 12.1 Å². The summed E-state index contributed by atoms with van der Waals surface area (Å²) in [6.45, 7) is 3.13. The first-order valence-corrected chi connectivity index (χ1v) is 11.1. The fourth-order valence-corrected chi connectivity index (χ4v) is 4.37. The van der Waals surface area contributed by atoms with Gasteiger partial charge in [0.1, 0.15) is 28.2 Å². The Hall–Kier alpha value is -4.26. The number of hydrogen-bond acceptors (Lipinski definition) is 11. The number of pyridine rings is 1. The van der Waals surface area contributed by atoms with Crippen LogP contribution in [0.5, 0.6) is 0 Å². The summed E-state index contributed by atoms with van der Waals surface area (Å²) in [6, 6.07) is 12.7. The fraction of sp³-hybridized carbons (Fsp3) is 0.333. The predicted octanol–water partition coefficient (Wildman–Crippen LogP) is 2.53. The number of nitrogens with two attached hydrogens (primary N) is 1. The largest absolute Gasteiger partial charge is 0.456 e. The second kappa shape index (κ2) is 11.0. The summed E-state index contributed by atoms with van der Waals surface area (Å²) in [5.41, 5.74) is 7.10. The molecule has 0 radical (unpaired) electrons. The van der Waals surface area contributed by atoms with Gasteiger partial charge < -0.3 is 24.7 Å². The average Bonchev–Trinajstić information content (AvgIpc) is 2.81. The highest BCUT2D eigenvalue weighted by Crippen LogP contribution is 2.38. The Labute approximate surface area is 211 Å². The summed E-state index contributed by atoms with van der Waals surface area (Å²) in [6.07, 6.45) is -5.11. The van der Waals surface area contributed by atoms with Gasteiger partial charge in [-0.2, -0.15) is 10.5 Å². The first-order valence-electron chi connectivity index (χ1n) is 10.7. The highest BCUT2D eigenvalue weighted by molar-refractivity contribution is 7.71. The molecule has 0 spiro atoms. The Morgan fingerprint density at radius 3 is 2.06 bits per heavy atom. The number of hydrogen-bond donors (Lipinski definition) is 1. The summed E-state index contributed by atoms with van der Waals surface area (Å²) >= 11 is 5.58. The van der Waals surface area contributed by atoms with Crippen molar-refractivity contribution in [1.82, 2.24) is 4.57 Å². The van der Waals surface area contributed by atoms with Crippen LogP contribution in [0.1, 0.15) is 38.1 Å². The molecule has 3 rings (SSSR count). The van der Waals surface area contributed by atoms with Crippen LogP contribution >= 0.6 is 12.2 Å². The van der Waals surface area contributed by atoms with Gasteiger partial charge in [-0.3, -0.25) is 19.0 Å². The highest BCUT2D eigenvalue weighted by atomic mass is 32.1. The number of nitriles is 2. The SMILES string of the molecule is CC(=O)O[C@@H]1[C@H](OC(C)=O)[C@@H](OC(C)=O)CO[C@H]1n1c(N)c(C#N)c(-c2ccccc2)c(C#N)c1=S. The van der Waals surface area contributed by atoms with Crippen molar-refractivity contribution in [3.8, 4) is 23.3 Å². The Balaban J connectivity index is 2.27. The van der Waals surface area contributed by atoms with E-state index in [2.05, 4.69) is 0 Å². The number of carbonyl (C=O) groups is 3. The van der Waals surface area contributed by atoms with Crippen molar-refractivity contribution in [3.05, 3.63) is 46.1 Å². The minimum Gasteiger partial charge on any atom is -0.456 e. The van der Waals surface area contributed by atoms with Crippen molar-refractivity contribution in [2.24, 2.45) is 0 Å². The molecule has 1 aliphatic heterocycles. The van der Waals surface area contributed by atoms with Crippen LogP contribution in [-0.2, 0) is 33.3 Å². The minimum atomic E-state index is -1.39. The Kier molecular flexibility index (Phi) is 8.04. The molecule has 0 amide bonds. The molecule has 0 bridgehead atoms. The van der Waals surface area contributed by atoms with Crippen LogP contribution in [0.3, 0.4) is 0 Å². The average molecular weight is 511 g/mol. The molecule has 2 N–H and O–H groups in total. The lowest BCUT2D eigenvalue weighted by molar-refractivity contribution is -0.239. The lowest BCUT2D eigenvalue weighted by Crippen LogP contribution is -2.55. The van der Waals surface area contributed by atoms with Crippen LogP contribution in [0.15, 0.2) is 30.3 Å². The number of benzene rings is 1. The van der Waals surface area contributed by atoms with E-state index < -0.39 is 42.4 Å². The van der Waals surface area contributed by atoms with Crippen LogP contribution in [0.4, 0.5) is 5.82 Å². The smallest absolute Gasteiger partial charge is 0.303 e. The molecule has 36 heavy (non-hydrogen) atoms. The standard InChI is InChI=1S/C24H22N4O7S/c1-12(29)33-18-11-32-23(21(35-14(3)31)20(18)34-13(2)30)28-22(27)16(9-25)19(17(10-26)24(28)36)15-7-5-4-6-8-15/h4-8,18,20-21,23H,11,27H2,1-3H3/t18-,20+,21+,23+/m0/s1. The number of rotatable bonds is 5. The molecule has 1 aliphatic rings. The van der Waals surface area contributed by atoms with Gasteiger partial charge in [-0.15, -0.1) is 0 Å². The van der Waals surface area contributed by atoms with Crippen molar-refractivity contribution < 1.29 is 33.3 Å². The maximum atomic E-state index is 12.0. The number of aromatic nitrogens is 1. The van der Waals surface area contributed by atoms with Crippen LogP contribution < -0.4 is 5.73 Å². The zero-order chi connectivity index (χ0) is 26.6. The summed E-state index contributed by atoms with van der Waals surface area (Å²) < 4.78 is 23.0. The molecule has 11 nitrogen and oxygen atoms in total. The second-order valence-corrected chi connectivity index (χ2v) is 8.18. The fourth-order valence-electron chi connectivity index (χ4n) is 4.02. The van der Waals surface area contributed by atoms with Gasteiger partial charge in [0.25, 0.3) is 0 Å². The van der Waals surface area contributed by atoms with Gasteiger partial charge in [0.2, 0.25) is 0 Å². The summed E-state index contributed by atoms with van der Waals surface area (Å²) in [7, 11) is 0. The molecule has 1 saturated heterocycles. The number of anilines is 1. The zero-order valence-corrected chi connectivity index (χ0v) is 20.4. The van der Waals surface area contributed by atoms with Gasteiger partial charge in [-0.05, 0) is 5.56 Å². The molecule has 0 unspecified atom stereocenters. The van der Waals surface area contributed by atoms with Gasteiger partial charge in [-0.25, -0.2) is 0 Å². The maximum absolute atomic E-state index is 12.0. The Bertz CT molecular complexity index is 1340. The normalized spacial score (nSPS) is 20.9. The van der Waals surface area contributed by atoms with E-state index in [0.717, 1.165) is 20.8 Å². The third-order valence-electron chi connectivity index (χ3n) is 5.31. The molecular formula is C24H22N4O7S. The van der Waals surface area contributed by atoms with Crippen LogP contribution in [0.25, 0.3) is 11.1 Å². The number of carbonyl (C=O) groups excluding carboxylic acids is 3. The van der Waals surface area contributed by atoms with Crippen LogP contribution in [0, 0.1) is 27.3 Å². The van der Waals surface area contributed by atoms with E-state index in [4.69, 9.17) is 36.9 Å². The van der Waals surface area contributed by atoms with Crippen LogP contribution in [0.2, 0.25) is 0 Å². The Morgan fingerprint density at radius 1 is 0.972 bits per heavy atom. The molecule has 186 valence electrons. The first-order chi connectivity index (χ1) is 17.1. The van der Waals surface area contributed by atoms with Gasteiger partial charge >= 0.3 is 17.9 Å². The summed E-state index contributed by atoms with van der Waals surface area (Å²) in [4.78, 5) is 35.5. The van der Waals surface area contributed by atoms with E-state index in [0.29, 0.717) is 5.56 Å². The quantitative estimate of drug-likeness (QED) is 0.356. The van der Waals surface area contributed by atoms with E-state index in [1.165, 1.54) is 4.57 Å². The third kappa shape index (κ3) is 5.20. The van der Waals surface area contributed by atoms with E-state index in [1.54, 1.807) is 30.3 Å². The highest BCUT2D eigenvalue weighted by Gasteiger charge is 2.48. The molecule has 0 saturated carbocycles. The third-order valence-corrected chi connectivity index (χ3v) is 5.71. The zero-order valence-electron chi connectivity index (χ0n) is 19.6. The van der Waals surface area contributed by atoms with Crippen molar-refractivity contribution >= 4 is 35.9 Å². The topological polar surface area (TPSA) is 167 Å². The first kappa shape index (κ1) is 26.3. The second-order valence-electron chi connectivity index (χ2n) is 7.79. The molecular weight excluding hydrogens is 488 g/mol. The molecule has 2 aromatic rings. The van der Waals surface area contributed by atoms with E-state index >= 15 is 0 Å². The van der Waals surface area contributed by atoms with Crippen molar-refractivity contribution in [2.45, 2.75) is 45.3 Å². The maximum Gasteiger partial charge on any atom is 0.303 e. The van der Waals surface area contributed by atoms with Gasteiger partial charge in [0.05, 0.1) is 12.2 Å². The van der Waals surface area contributed by atoms with Crippen molar-refractivity contribution in [3.63, 3.8) is 0 Å². The molecule has 1 aromatic heterocycles. The number of nitrogen functional groups attached to an aromatic ring is 1. The summed E-state index contributed by atoms with van der Waals surface area (Å²) in [5, 5.41) is 20.0. The predicted molar refractivity (Wildman–Crippen MR) is 126 cm³/mol. The molecule has 1 aromatic carbocycles. The molecule has 1 fully saturated rings. The molecule has 4 atom stereocenters. The number of nitrogens with zero attached hydrogens (tertiary/aromatic N) is 3. The number of ether oxygens (including phenoxy) is 4. The molecule has 0 aliphatic carbocycles. The lowest BCUT2D eigenvalue weighted by Gasteiger charge is -2.41. The number of esters is 3. The van der Waals surface area contributed by atoms with Crippen molar-refractivity contribution in [1.29, 1.82) is 10.5 Å². The monoisotopic (exact) mass is 510 g/mol. The van der Waals surface area contributed by atoms with Crippen LogP contribution in [-0.4, -0.2) is 47.4 Å². The minimum absolute atomic E-state index is 0.0294.